The first kappa shape index (κ1) is 15.2. The molecule has 110 valence electrons. The van der Waals surface area contributed by atoms with Crippen LogP contribution in [0.2, 0.25) is 0 Å². The van der Waals surface area contributed by atoms with E-state index in [-0.39, 0.29) is 16.5 Å². The fraction of sp³-hybridized carbons (Fsp3) is 0.533. The number of nitrogens with zero attached hydrogens (tertiary/aromatic N) is 2. The van der Waals surface area contributed by atoms with E-state index in [4.69, 9.17) is 4.74 Å². The largest absolute Gasteiger partial charge is 0.497 e. The predicted molar refractivity (Wildman–Crippen MR) is 83.1 cm³/mol. The average Bonchev–Trinajstić information content (AvgIpc) is 2.72. The topological polar surface area (TPSA) is 32.8 Å². The molecule has 1 amide bonds. The van der Waals surface area contributed by atoms with Crippen molar-refractivity contribution in [1.29, 1.82) is 0 Å². The van der Waals surface area contributed by atoms with Crippen LogP contribution in [-0.4, -0.2) is 55.3 Å². The number of rotatable bonds is 5. The lowest BCUT2D eigenvalue weighted by Gasteiger charge is -2.25. The maximum Gasteiger partial charge on any atom is 0.236 e. The molecule has 1 aromatic rings. The number of methoxy groups -OCH3 is 1. The molecule has 1 aromatic carbocycles. The molecule has 20 heavy (non-hydrogen) atoms. The van der Waals surface area contributed by atoms with Gasteiger partial charge in [0.15, 0.2) is 0 Å². The molecule has 1 aliphatic rings. The minimum absolute atomic E-state index is 0.0317. The number of carbonyl (C=O) groups is 1. The second kappa shape index (κ2) is 6.50. The molecule has 1 aliphatic heterocycles. The van der Waals surface area contributed by atoms with Gasteiger partial charge in [0.05, 0.1) is 12.4 Å². The Kier molecular flexibility index (Phi) is 4.94. The molecule has 0 spiro atoms. The zero-order valence-corrected chi connectivity index (χ0v) is 13.3. The molecule has 0 radical (unpaired) electrons. The molecule has 2 atom stereocenters. The zero-order valence-electron chi connectivity index (χ0n) is 12.5. The van der Waals surface area contributed by atoms with Crippen molar-refractivity contribution in [3.05, 3.63) is 29.8 Å². The molecule has 0 bridgehead atoms. The van der Waals surface area contributed by atoms with Crippen LogP contribution in [0.15, 0.2) is 24.3 Å². The van der Waals surface area contributed by atoms with Gasteiger partial charge in [0.2, 0.25) is 5.91 Å². The first-order valence-corrected chi connectivity index (χ1v) is 7.72. The van der Waals surface area contributed by atoms with Crippen LogP contribution in [-0.2, 0) is 4.79 Å². The maximum absolute atomic E-state index is 12.3. The summed E-state index contributed by atoms with van der Waals surface area (Å²) in [7, 11) is 5.72. The quantitative estimate of drug-likeness (QED) is 0.833. The summed E-state index contributed by atoms with van der Waals surface area (Å²) in [5, 5.41) is 0.146. The number of carbonyl (C=O) groups excluding carboxylic acids is 1. The monoisotopic (exact) mass is 294 g/mol. The Morgan fingerprint density at radius 3 is 2.50 bits per heavy atom. The number of hydrogen-bond acceptors (Lipinski definition) is 4. The summed E-state index contributed by atoms with van der Waals surface area (Å²) >= 11 is 1.72. The van der Waals surface area contributed by atoms with Gasteiger partial charge in [0.25, 0.3) is 0 Å². The Hall–Kier alpha value is -1.20. The SMILES string of the molecule is COc1ccc([C@@H]2S[C@H](C)C(=O)N2CCN(C)C)cc1. The Balaban J connectivity index is 2.16. The highest BCUT2D eigenvalue weighted by atomic mass is 32.2. The van der Waals surface area contributed by atoms with E-state index in [1.54, 1.807) is 18.9 Å². The highest BCUT2D eigenvalue weighted by Crippen LogP contribution is 2.42. The van der Waals surface area contributed by atoms with Crippen molar-refractivity contribution in [3.63, 3.8) is 0 Å². The fourth-order valence-corrected chi connectivity index (χ4v) is 3.55. The Bertz CT molecular complexity index is 461. The Morgan fingerprint density at radius 1 is 1.30 bits per heavy atom. The molecular weight excluding hydrogens is 272 g/mol. The maximum atomic E-state index is 12.3. The third-order valence-electron chi connectivity index (χ3n) is 3.44. The molecule has 1 heterocycles. The lowest BCUT2D eigenvalue weighted by atomic mass is 10.2. The minimum Gasteiger partial charge on any atom is -0.497 e. The molecule has 0 unspecified atom stereocenters. The highest BCUT2D eigenvalue weighted by molar-refractivity contribution is 8.01. The highest BCUT2D eigenvalue weighted by Gasteiger charge is 2.38. The zero-order chi connectivity index (χ0) is 14.7. The molecule has 4 nitrogen and oxygen atoms in total. The molecule has 2 rings (SSSR count). The van der Waals surface area contributed by atoms with E-state index in [0.29, 0.717) is 0 Å². The first-order chi connectivity index (χ1) is 9.52. The van der Waals surface area contributed by atoms with Crippen molar-refractivity contribution >= 4 is 17.7 Å². The summed E-state index contributed by atoms with van der Waals surface area (Å²) in [5.41, 5.74) is 1.16. The number of hydrogen-bond donors (Lipinski definition) is 0. The van der Waals surface area contributed by atoms with Crippen LogP contribution in [0.3, 0.4) is 0 Å². The van der Waals surface area contributed by atoms with Gasteiger partial charge in [-0.25, -0.2) is 0 Å². The molecule has 1 fully saturated rings. The van der Waals surface area contributed by atoms with Crippen LogP contribution >= 0.6 is 11.8 Å². The van der Waals surface area contributed by atoms with Gasteiger partial charge < -0.3 is 14.5 Å². The van der Waals surface area contributed by atoms with Gasteiger partial charge in [0, 0.05) is 13.1 Å². The Morgan fingerprint density at radius 2 is 1.95 bits per heavy atom. The predicted octanol–water partition coefficient (Wildman–Crippen LogP) is 2.22. The smallest absolute Gasteiger partial charge is 0.236 e. The summed E-state index contributed by atoms with van der Waals surface area (Å²) < 4.78 is 5.19. The lowest BCUT2D eigenvalue weighted by Crippen LogP contribution is -2.36. The van der Waals surface area contributed by atoms with Crippen LogP contribution in [0.5, 0.6) is 5.75 Å². The van der Waals surface area contributed by atoms with E-state index in [2.05, 4.69) is 4.90 Å². The molecule has 5 heteroatoms. The molecule has 0 saturated carbocycles. The molecular formula is C15H22N2O2S. The van der Waals surface area contributed by atoms with Gasteiger partial charge in [-0.05, 0) is 38.7 Å². The second-order valence-electron chi connectivity index (χ2n) is 5.24. The van der Waals surface area contributed by atoms with Crippen molar-refractivity contribution in [3.8, 4) is 5.75 Å². The third kappa shape index (κ3) is 3.27. The van der Waals surface area contributed by atoms with Gasteiger partial charge in [-0.1, -0.05) is 12.1 Å². The molecule has 0 aliphatic carbocycles. The van der Waals surface area contributed by atoms with E-state index in [1.165, 1.54) is 0 Å². The van der Waals surface area contributed by atoms with Gasteiger partial charge in [-0.2, -0.15) is 0 Å². The van der Waals surface area contributed by atoms with Crippen molar-refractivity contribution in [2.45, 2.75) is 17.5 Å². The van der Waals surface area contributed by atoms with E-state index in [1.807, 2.05) is 50.2 Å². The first-order valence-electron chi connectivity index (χ1n) is 6.77. The summed E-state index contributed by atoms with van der Waals surface area (Å²) in [6.45, 7) is 3.63. The summed E-state index contributed by atoms with van der Waals surface area (Å²) in [6, 6.07) is 8.00. The van der Waals surface area contributed by atoms with Crippen LogP contribution in [0.1, 0.15) is 17.9 Å². The van der Waals surface area contributed by atoms with Crippen LogP contribution < -0.4 is 4.74 Å². The number of thioether (sulfide) groups is 1. The summed E-state index contributed by atoms with van der Waals surface area (Å²) in [5.74, 6) is 1.08. The molecule has 0 N–H and O–H groups in total. The Labute approximate surface area is 125 Å². The average molecular weight is 294 g/mol. The van der Waals surface area contributed by atoms with Crippen LogP contribution in [0, 0.1) is 0 Å². The van der Waals surface area contributed by atoms with Crippen LogP contribution in [0.25, 0.3) is 0 Å². The standard InChI is InChI=1S/C15H22N2O2S/c1-11-14(18)17(10-9-16(2)3)15(20-11)12-5-7-13(19-4)8-6-12/h5-8,11,15H,9-10H2,1-4H3/t11-,15+/m1/s1. The fourth-order valence-electron chi connectivity index (χ4n) is 2.24. The van der Waals surface area contributed by atoms with E-state index in [9.17, 15) is 4.79 Å². The van der Waals surface area contributed by atoms with Gasteiger partial charge in [-0.15, -0.1) is 11.8 Å². The number of amides is 1. The van der Waals surface area contributed by atoms with Crippen molar-refractivity contribution in [1.82, 2.24) is 9.80 Å². The van der Waals surface area contributed by atoms with Crippen LogP contribution in [0.4, 0.5) is 0 Å². The number of benzene rings is 1. The molecule has 1 saturated heterocycles. The van der Waals surface area contributed by atoms with E-state index in [0.717, 1.165) is 24.4 Å². The van der Waals surface area contributed by atoms with Crippen molar-refractivity contribution in [2.24, 2.45) is 0 Å². The van der Waals surface area contributed by atoms with Crippen molar-refractivity contribution in [2.75, 3.05) is 34.3 Å². The van der Waals surface area contributed by atoms with Gasteiger partial charge in [-0.3, -0.25) is 4.79 Å². The van der Waals surface area contributed by atoms with Gasteiger partial charge >= 0.3 is 0 Å². The number of ether oxygens (including phenoxy) is 1. The summed E-state index contributed by atoms with van der Waals surface area (Å²) in [6.07, 6.45) is 0. The van der Waals surface area contributed by atoms with Crippen molar-refractivity contribution < 1.29 is 9.53 Å². The molecule has 0 aromatic heterocycles. The third-order valence-corrected chi connectivity index (χ3v) is 4.83. The lowest BCUT2D eigenvalue weighted by molar-refractivity contribution is -0.129. The summed E-state index contributed by atoms with van der Waals surface area (Å²) in [4.78, 5) is 16.4. The second-order valence-corrected chi connectivity index (χ2v) is 6.66. The van der Waals surface area contributed by atoms with E-state index < -0.39 is 0 Å². The normalized spacial score (nSPS) is 22.6. The minimum atomic E-state index is 0.0317. The van der Waals surface area contributed by atoms with Gasteiger partial charge in [0.1, 0.15) is 11.1 Å². The van der Waals surface area contributed by atoms with E-state index >= 15 is 0 Å². The number of likely N-dealkylation sites (N-methyl/N-ethyl adjacent to an activating group) is 1.